The van der Waals surface area contributed by atoms with Crippen molar-refractivity contribution in [3.8, 4) is 0 Å². The van der Waals surface area contributed by atoms with Crippen LogP contribution in [0.3, 0.4) is 0 Å². The van der Waals surface area contributed by atoms with E-state index in [2.05, 4.69) is 48.5 Å². The molecule has 0 amide bonds. The van der Waals surface area contributed by atoms with Crippen molar-refractivity contribution in [1.82, 2.24) is 0 Å². The van der Waals surface area contributed by atoms with Gasteiger partial charge in [0.25, 0.3) is 0 Å². The van der Waals surface area contributed by atoms with Gasteiger partial charge in [0.15, 0.2) is 0 Å². The Morgan fingerprint density at radius 2 is 1.42 bits per heavy atom. The largest absolute Gasteiger partial charge is 0.386 e. The van der Waals surface area contributed by atoms with E-state index >= 15 is 0 Å². The minimum absolute atomic E-state index is 0.790. The van der Waals surface area contributed by atoms with Gasteiger partial charge in [0.1, 0.15) is 12.2 Å². The molecule has 0 spiro atoms. The Hall–Kier alpha value is -2.68. The van der Waals surface area contributed by atoms with Crippen LogP contribution in [0.25, 0.3) is 38.4 Å². The van der Waals surface area contributed by atoms with E-state index in [1.807, 2.05) is 18.2 Å². The molecule has 0 radical (unpaired) electrons. The molecular formula is C22H16O2. The van der Waals surface area contributed by atoms with Crippen LogP contribution in [-0.4, -0.2) is 16.3 Å². The Labute approximate surface area is 139 Å². The van der Waals surface area contributed by atoms with E-state index in [1.54, 1.807) is 6.08 Å². The summed E-state index contributed by atoms with van der Waals surface area (Å²) in [6.07, 6.45) is 1.89. The molecule has 0 heterocycles. The fraction of sp³-hybridized carbons (Fsp3) is 0.0909. The van der Waals surface area contributed by atoms with E-state index < -0.39 is 12.2 Å². The Morgan fingerprint density at radius 3 is 2.33 bits per heavy atom. The number of hydrogen-bond donors (Lipinski definition) is 2. The second kappa shape index (κ2) is 4.91. The van der Waals surface area contributed by atoms with Gasteiger partial charge in [-0.05, 0) is 43.4 Å². The van der Waals surface area contributed by atoms with E-state index in [9.17, 15) is 10.2 Å². The first-order valence-corrected chi connectivity index (χ1v) is 8.15. The van der Waals surface area contributed by atoms with Gasteiger partial charge >= 0.3 is 0 Å². The van der Waals surface area contributed by atoms with Crippen LogP contribution in [-0.2, 0) is 0 Å². The molecule has 0 bridgehead atoms. The van der Waals surface area contributed by atoms with Crippen molar-refractivity contribution in [2.45, 2.75) is 12.2 Å². The normalized spacial score (nSPS) is 19.9. The van der Waals surface area contributed by atoms with E-state index in [4.69, 9.17) is 0 Å². The molecular weight excluding hydrogens is 296 g/mol. The Bertz CT molecular complexity index is 1140. The molecule has 4 aromatic rings. The summed E-state index contributed by atoms with van der Waals surface area (Å²) >= 11 is 0. The van der Waals surface area contributed by atoms with Crippen LogP contribution in [0.1, 0.15) is 17.2 Å². The molecule has 2 N–H and O–H groups in total. The average Bonchev–Trinajstić information content (AvgIpc) is 2.63. The molecule has 2 heteroatoms. The summed E-state index contributed by atoms with van der Waals surface area (Å²) < 4.78 is 0. The molecule has 0 aromatic heterocycles. The summed E-state index contributed by atoms with van der Waals surface area (Å²) in [4.78, 5) is 0. The van der Waals surface area contributed by atoms with Crippen molar-refractivity contribution in [3.05, 3.63) is 77.9 Å². The molecule has 0 saturated heterocycles. The zero-order valence-corrected chi connectivity index (χ0v) is 13.0. The molecule has 0 aliphatic heterocycles. The van der Waals surface area contributed by atoms with Crippen LogP contribution in [0.5, 0.6) is 0 Å². The lowest BCUT2D eigenvalue weighted by molar-refractivity contribution is 0.0471. The lowest BCUT2D eigenvalue weighted by Gasteiger charge is -2.23. The highest BCUT2D eigenvalue weighted by molar-refractivity contribution is 6.19. The standard InChI is InChI=1S/C22H16O2/c23-20-12-11-18-19(22(20)24)10-7-14-6-8-16-15-4-2-1-3-13(15)5-9-17(16)21(14)18/h1-12,20,22-24H/t20-,22-/m0/s1. The number of hydrogen-bond acceptors (Lipinski definition) is 2. The highest BCUT2D eigenvalue weighted by atomic mass is 16.3. The first kappa shape index (κ1) is 13.7. The van der Waals surface area contributed by atoms with Crippen molar-refractivity contribution in [2.24, 2.45) is 0 Å². The van der Waals surface area contributed by atoms with E-state index in [0.29, 0.717) is 0 Å². The quantitative estimate of drug-likeness (QED) is 0.467. The molecule has 5 rings (SSSR count). The van der Waals surface area contributed by atoms with E-state index in [-0.39, 0.29) is 0 Å². The lowest BCUT2D eigenvalue weighted by atomic mass is 9.86. The van der Waals surface area contributed by atoms with Crippen molar-refractivity contribution < 1.29 is 10.2 Å². The average molecular weight is 312 g/mol. The number of benzene rings is 4. The van der Waals surface area contributed by atoms with Gasteiger partial charge in [0.2, 0.25) is 0 Å². The number of fused-ring (bicyclic) bond motifs is 7. The van der Waals surface area contributed by atoms with Gasteiger partial charge in [0, 0.05) is 0 Å². The topological polar surface area (TPSA) is 40.5 Å². The van der Waals surface area contributed by atoms with Crippen LogP contribution in [0.2, 0.25) is 0 Å². The molecule has 2 atom stereocenters. The molecule has 1 aliphatic rings. The van der Waals surface area contributed by atoms with Crippen molar-refractivity contribution in [2.75, 3.05) is 0 Å². The molecule has 0 saturated carbocycles. The Morgan fingerprint density at radius 1 is 0.667 bits per heavy atom. The van der Waals surface area contributed by atoms with Crippen LogP contribution >= 0.6 is 0 Å². The highest BCUT2D eigenvalue weighted by Gasteiger charge is 2.24. The summed E-state index contributed by atoms with van der Waals surface area (Å²) in [6.45, 7) is 0. The van der Waals surface area contributed by atoms with Gasteiger partial charge < -0.3 is 10.2 Å². The fourth-order valence-electron chi connectivity index (χ4n) is 3.88. The second-order valence-corrected chi connectivity index (χ2v) is 6.41. The minimum atomic E-state index is -0.870. The molecule has 0 unspecified atom stereocenters. The molecule has 1 aliphatic carbocycles. The smallest absolute Gasteiger partial charge is 0.109 e. The van der Waals surface area contributed by atoms with Gasteiger partial charge in [-0.2, -0.15) is 0 Å². The van der Waals surface area contributed by atoms with Gasteiger partial charge in [-0.3, -0.25) is 0 Å². The number of aliphatic hydroxyl groups is 2. The number of rotatable bonds is 0. The fourth-order valence-corrected chi connectivity index (χ4v) is 3.88. The van der Waals surface area contributed by atoms with E-state index in [1.165, 1.54) is 21.5 Å². The molecule has 4 aromatic carbocycles. The van der Waals surface area contributed by atoms with Crippen LogP contribution < -0.4 is 0 Å². The third kappa shape index (κ3) is 1.78. The maximum Gasteiger partial charge on any atom is 0.109 e. The Kier molecular flexibility index (Phi) is 2.81. The van der Waals surface area contributed by atoms with Gasteiger partial charge in [-0.25, -0.2) is 0 Å². The predicted molar refractivity (Wildman–Crippen MR) is 99.0 cm³/mol. The number of aliphatic hydroxyl groups excluding tert-OH is 2. The summed E-state index contributed by atoms with van der Waals surface area (Å²) in [6, 6.07) is 20.9. The van der Waals surface area contributed by atoms with Crippen molar-refractivity contribution in [3.63, 3.8) is 0 Å². The molecule has 2 nitrogen and oxygen atoms in total. The zero-order valence-electron chi connectivity index (χ0n) is 13.0. The first-order valence-electron chi connectivity index (χ1n) is 8.15. The summed E-state index contributed by atoms with van der Waals surface area (Å²) in [5, 5.41) is 27.4. The minimum Gasteiger partial charge on any atom is -0.386 e. The lowest BCUT2D eigenvalue weighted by Crippen LogP contribution is -2.19. The first-order chi connectivity index (χ1) is 11.7. The highest BCUT2D eigenvalue weighted by Crippen LogP contribution is 2.38. The molecule has 24 heavy (non-hydrogen) atoms. The SMILES string of the molecule is O[C@H]1C=Cc2c(ccc3ccc4c5ccccc5ccc4c23)[C@@H]1O. The molecule has 0 fully saturated rings. The van der Waals surface area contributed by atoms with E-state index in [0.717, 1.165) is 21.9 Å². The maximum absolute atomic E-state index is 10.3. The monoisotopic (exact) mass is 312 g/mol. The summed E-state index contributed by atoms with van der Waals surface area (Å²) in [5.74, 6) is 0. The van der Waals surface area contributed by atoms with Crippen LogP contribution in [0.4, 0.5) is 0 Å². The van der Waals surface area contributed by atoms with Crippen molar-refractivity contribution in [1.29, 1.82) is 0 Å². The Balaban J connectivity index is 1.98. The van der Waals surface area contributed by atoms with Gasteiger partial charge in [-0.1, -0.05) is 72.8 Å². The second-order valence-electron chi connectivity index (χ2n) is 6.41. The van der Waals surface area contributed by atoms with Gasteiger partial charge in [0.05, 0.1) is 0 Å². The maximum atomic E-state index is 10.3. The van der Waals surface area contributed by atoms with Gasteiger partial charge in [-0.15, -0.1) is 0 Å². The third-order valence-corrected chi connectivity index (χ3v) is 5.08. The van der Waals surface area contributed by atoms with Crippen LogP contribution in [0.15, 0.2) is 66.7 Å². The summed E-state index contributed by atoms with van der Waals surface area (Å²) in [5.41, 5.74) is 1.80. The van der Waals surface area contributed by atoms with Crippen molar-refractivity contribution >= 4 is 38.4 Å². The third-order valence-electron chi connectivity index (χ3n) is 5.08. The zero-order chi connectivity index (χ0) is 16.3. The summed E-state index contributed by atoms with van der Waals surface area (Å²) in [7, 11) is 0. The van der Waals surface area contributed by atoms with Crippen LogP contribution in [0, 0.1) is 0 Å². The predicted octanol–water partition coefficient (Wildman–Crippen LogP) is 4.57. The molecule has 116 valence electrons.